The molecule has 2 heterocycles. The van der Waals surface area contributed by atoms with Gasteiger partial charge in [-0.2, -0.15) is 10.4 Å². The highest BCUT2D eigenvalue weighted by molar-refractivity contribution is 9.10. The molecule has 0 aliphatic heterocycles. The van der Waals surface area contributed by atoms with Crippen molar-refractivity contribution in [2.45, 2.75) is 12.3 Å². The van der Waals surface area contributed by atoms with Crippen LogP contribution in [0.2, 0.25) is 0 Å². The molecule has 0 N–H and O–H groups in total. The van der Waals surface area contributed by atoms with E-state index in [9.17, 15) is 5.26 Å². The van der Waals surface area contributed by atoms with Gasteiger partial charge in [-0.15, -0.1) is 0 Å². The van der Waals surface area contributed by atoms with Crippen molar-refractivity contribution < 1.29 is 0 Å². The summed E-state index contributed by atoms with van der Waals surface area (Å²) in [5.74, 6) is 0. The number of aryl methyl sites for hydroxylation is 1. The third-order valence-electron chi connectivity index (χ3n) is 2.73. The van der Waals surface area contributed by atoms with Crippen molar-refractivity contribution in [3.63, 3.8) is 0 Å². The van der Waals surface area contributed by atoms with E-state index in [0.717, 1.165) is 10.2 Å². The number of nitriles is 1. The smallest absolute Gasteiger partial charge is 0.124 e. The molecule has 2 aromatic rings. The summed E-state index contributed by atoms with van der Waals surface area (Å²) in [4.78, 5) is 4.36. The summed E-state index contributed by atoms with van der Waals surface area (Å²) in [5.41, 5.74) is 0.772. The van der Waals surface area contributed by atoms with Crippen molar-refractivity contribution in [1.29, 1.82) is 5.26 Å². The quantitative estimate of drug-likeness (QED) is 0.798. The second-order valence-electron chi connectivity index (χ2n) is 3.99. The van der Waals surface area contributed by atoms with E-state index in [1.807, 2.05) is 38.4 Å². The van der Waals surface area contributed by atoms with Crippen molar-refractivity contribution in [2.24, 2.45) is 7.05 Å². The standard InChI is InChI=1S/C12H11BrN4/c1-12(8-14,9-6-15-17(2)7-9)10-4-3-5-11(13)16-10/h3-7H,1-2H3. The second-order valence-corrected chi connectivity index (χ2v) is 4.80. The molecule has 0 aliphatic carbocycles. The van der Waals surface area contributed by atoms with Crippen LogP contribution in [0.4, 0.5) is 0 Å². The van der Waals surface area contributed by atoms with Gasteiger partial charge in [0.25, 0.3) is 0 Å². The van der Waals surface area contributed by atoms with E-state index in [2.05, 4.69) is 32.1 Å². The average Bonchev–Trinajstić information content (AvgIpc) is 2.75. The van der Waals surface area contributed by atoms with Crippen LogP contribution in [0.15, 0.2) is 35.2 Å². The van der Waals surface area contributed by atoms with E-state index in [-0.39, 0.29) is 0 Å². The topological polar surface area (TPSA) is 54.5 Å². The number of pyridine rings is 1. The Hall–Kier alpha value is -1.67. The predicted octanol–water partition coefficient (Wildman–Crippen LogP) is 2.41. The number of hydrogen-bond acceptors (Lipinski definition) is 3. The Morgan fingerprint density at radius 2 is 2.24 bits per heavy atom. The molecule has 1 unspecified atom stereocenters. The predicted molar refractivity (Wildman–Crippen MR) is 67.2 cm³/mol. The Kier molecular flexibility index (Phi) is 2.99. The van der Waals surface area contributed by atoms with E-state index in [1.165, 1.54) is 0 Å². The van der Waals surface area contributed by atoms with Crippen LogP contribution in [-0.2, 0) is 12.5 Å². The highest BCUT2D eigenvalue weighted by Gasteiger charge is 2.31. The maximum absolute atomic E-state index is 9.45. The second kappa shape index (κ2) is 4.30. The number of aromatic nitrogens is 3. The Morgan fingerprint density at radius 1 is 1.47 bits per heavy atom. The molecule has 4 nitrogen and oxygen atoms in total. The first kappa shape index (κ1) is 11.8. The van der Waals surface area contributed by atoms with Crippen molar-refractivity contribution in [1.82, 2.24) is 14.8 Å². The van der Waals surface area contributed by atoms with Crippen molar-refractivity contribution >= 4 is 15.9 Å². The van der Waals surface area contributed by atoms with E-state index in [1.54, 1.807) is 10.9 Å². The monoisotopic (exact) mass is 290 g/mol. The van der Waals surface area contributed by atoms with Crippen LogP contribution in [0.5, 0.6) is 0 Å². The molecule has 0 radical (unpaired) electrons. The molecule has 0 fully saturated rings. The van der Waals surface area contributed by atoms with Gasteiger partial charge in [0.15, 0.2) is 0 Å². The molecule has 0 amide bonds. The molecule has 5 heteroatoms. The lowest BCUT2D eigenvalue weighted by atomic mass is 9.82. The first-order chi connectivity index (χ1) is 8.06. The summed E-state index contributed by atoms with van der Waals surface area (Å²) in [6.45, 7) is 1.85. The van der Waals surface area contributed by atoms with E-state index in [4.69, 9.17) is 0 Å². The van der Waals surface area contributed by atoms with Crippen LogP contribution in [0.25, 0.3) is 0 Å². The minimum atomic E-state index is -0.780. The lowest BCUT2D eigenvalue weighted by Crippen LogP contribution is -2.22. The van der Waals surface area contributed by atoms with Gasteiger partial charge in [0.1, 0.15) is 10.0 Å². The van der Waals surface area contributed by atoms with Crippen molar-refractivity contribution in [3.8, 4) is 6.07 Å². The van der Waals surface area contributed by atoms with Gasteiger partial charge < -0.3 is 0 Å². The minimum Gasteiger partial charge on any atom is -0.275 e. The number of nitrogens with zero attached hydrogens (tertiary/aromatic N) is 4. The zero-order chi connectivity index (χ0) is 12.5. The van der Waals surface area contributed by atoms with Gasteiger partial charge in [-0.05, 0) is 35.0 Å². The summed E-state index contributed by atoms with van der Waals surface area (Å²) in [7, 11) is 1.83. The molecule has 86 valence electrons. The first-order valence-electron chi connectivity index (χ1n) is 5.09. The zero-order valence-corrected chi connectivity index (χ0v) is 11.1. The van der Waals surface area contributed by atoms with Gasteiger partial charge in [0.2, 0.25) is 0 Å². The highest BCUT2D eigenvalue weighted by Crippen LogP contribution is 2.30. The van der Waals surface area contributed by atoms with Crippen molar-refractivity contribution in [3.05, 3.63) is 46.5 Å². The van der Waals surface area contributed by atoms with Gasteiger partial charge in [0, 0.05) is 18.8 Å². The lowest BCUT2D eigenvalue weighted by Gasteiger charge is -2.19. The summed E-state index contributed by atoms with van der Waals surface area (Å²) < 4.78 is 2.41. The number of hydrogen-bond donors (Lipinski definition) is 0. The molecule has 2 aromatic heterocycles. The van der Waals surface area contributed by atoms with Gasteiger partial charge in [0.05, 0.1) is 18.0 Å². The highest BCUT2D eigenvalue weighted by atomic mass is 79.9. The third-order valence-corrected chi connectivity index (χ3v) is 3.17. The van der Waals surface area contributed by atoms with E-state index in [0.29, 0.717) is 5.69 Å². The molecule has 2 rings (SSSR count). The maximum Gasteiger partial charge on any atom is 0.124 e. The van der Waals surface area contributed by atoms with E-state index >= 15 is 0 Å². The van der Waals surface area contributed by atoms with Crippen LogP contribution >= 0.6 is 15.9 Å². The van der Waals surface area contributed by atoms with Gasteiger partial charge in [-0.1, -0.05) is 6.07 Å². The molecule has 1 atom stereocenters. The largest absolute Gasteiger partial charge is 0.275 e. The molecule has 17 heavy (non-hydrogen) atoms. The fourth-order valence-corrected chi connectivity index (χ4v) is 1.98. The zero-order valence-electron chi connectivity index (χ0n) is 9.55. The van der Waals surface area contributed by atoms with E-state index < -0.39 is 5.41 Å². The average molecular weight is 291 g/mol. The summed E-state index contributed by atoms with van der Waals surface area (Å²) in [5, 5.41) is 13.6. The summed E-state index contributed by atoms with van der Waals surface area (Å²) in [6.07, 6.45) is 3.54. The lowest BCUT2D eigenvalue weighted by molar-refractivity contribution is 0.703. The summed E-state index contributed by atoms with van der Waals surface area (Å²) in [6, 6.07) is 7.87. The Bertz CT molecular complexity index is 584. The molecule has 0 spiro atoms. The fourth-order valence-electron chi connectivity index (χ4n) is 1.64. The molecule has 0 aliphatic rings. The Balaban J connectivity index is 2.56. The van der Waals surface area contributed by atoms with Crippen LogP contribution in [0, 0.1) is 11.3 Å². The normalized spacial score (nSPS) is 14.0. The van der Waals surface area contributed by atoms with Crippen LogP contribution < -0.4 is 0 Å². The molecule has 0 saturated heterocycles. The van der Waals surface area contributed by atoms with Gasteiger partial charge in [-0.25, -0.2) is 4.98 Å². The number of halogens is 1. The van der Waals surface area contributed by atoms with Crippen molar-refractivity contribution in [2.75, 3.05) is 0 Å². The molecule has 0 bridgehead atoms. The van der Waals surface area contributed by atoms with Crippen LogP contribution in [-0.4, -0.2) is 14.8 Å². The Morgan fingerprint density at radius 3 is 2.76 bits per heavy atom. The number of rotatable bonds is 2. The molecule has 0 saturated carbocycles. The molecule has 0 aromatic carbocycles. The minimum absolute atomic E-state index is 0.711. The SMILES string of the molecule is Cn1cc(C(C)(C#N)c2cccc(Br)n2)cn1. The molecular formula is C12H11BrN4. The van der Waals surface area contributed by atoms with Crippen LogP contribution in [0.3, 0.4) is 0 Å². The third kappa shape index (κ3) is 2.08. The molecular weight excluding hydrogens is 280 g/mol. The summed E-state index contributed by atoms with van der Waals surface area (Å²) >= 11 is 3.32. The maximum atomic E-state index is 9.45. The van der Waals surface area contributed by atoms with Gasteiger partial charge in [-0.3, -0.25) is 4.68 Å². The Labute approximate surface area is 108 Å². The van der Waals surface area contributed by atoms with Gasteiger partial charge >= 0.3 is 0 Å². The van der Waals surface area contributed by atoms with Crippen LogP contribution in [0.1, 0.15) is 18.2 Å². The first-order valence-corrected chi connectivity index (χ1v) is 5.89. The fraction of sp³-hybridized carbons (Fsp3) is 0.250.